The van der Waals surface area contributed by atoms with Crippen molar-refractivity contribution < 1.29 is 8.42 Å². The van der Waals surface area contributed by atoms with Crippen molar-refractivity contribution in [3.8, 4) is 0 Å². The summed E-state index contributed by atoms with van der Waals surface area (Å²) in [6.45, 7) is 0.709. The highest BCUT2D eigenvalue weighted by Gasteiger charge is 2.38. The van der Waals surface area contributed by atoms with Crippen LogP contribution in [0.3, 0.4) is 0 Å². The van der Waals surface area contributed by atoms with Gasteiger partial charge in [0.15, 0.2) is 0 Å². The average molecular weight is 280 g/mol. The van der Waals surface area contributed by atoms with Gasteiger partial charge < -0.3 is 0 Å². The van der Waals surface area contributed by atoms with Gasteiger partial charge in [0.25, 0.3) is 0 Å². The van der Waals surface area contributed by atoms with Crippen LogP contribution in [0, 0.1) is 5.92 Å². The van der Waals surface area contributed by atoms with Gasteiger partial charge in [0, 0.05) is 18.5 Å². The Morgan fingerprint density at radius 3 is 2.41 bits per heavy atom. The molecule has 17 heavy (non-hydrogen) atoms. The molecule has 5 heteroatoms. The molecule has 0 amide bonds. The summed E-state index contributed by atoms with van der Waals surface area (Å²) in [7, 11) is -3.11. The highest BCUT2D eigenvalue weighted by Crippen LogP contribution is 2.35. The van der Waals surface area contributed by atoms with Crippen molar-refractivity contribution in [1.82, 2.24) is 4.31 Å². The predicted molar refractivity (Wildman–Crippen MR) is 70.8 cm³/mol. The molecule has 2 rings (SSSR count). The smallest absolute Gasteiger partial charge is 0.212 e. The van der Waals surface area contributed by atoms with E-state index in [-0.39, 0.29) is 17.7 Å². The highest BCUT2D eigenvalue weighted by atomic mass is 35.5. The van der Waals surface area contributed by atoms with Crippen molar-refractivity contribution in [2.24, 2.45) is 5.92 Å². The third-order valence-corrected chi connectivity index (χ3v) is 6.44. The Balaban J connectivity index is 2.06. The van der Waals surface area contributed by atoms with Crippen molar-refractivity contribution in [1.29, 1.82) is 0 Å². The zero-order chi connectivity index (χ0) is 12.3. The van der Waals surface area contributed by atoms with Crippen LogP contribution in [-0.4, -0.2) is 36.9 Å². The Morgan fingerprint density at radius 1 is 1.06 bits per heavy atom. The molecule has 1 heterocycles. The van der Waals surface area contributed by atoms with Gasteiger partial charge in [-0.2, -0.15) is 4.31 Å². The van der Waals surface area contributed by atoms with Crippen LogP contribution in [0.25, 0.3) is 0 Å². The normalized spacial score (nSPS) is 28.6. The second kappa shape index (κ2) is 5.89. The van der Waals surface area contributed by atoms with Gasteiger partial charge in [-0.25, -0.2) is 8.42 Å². The summed E-state index contributed by atoms with van der Waals surface area (Å²) in [6.07, 6.45) is 8.33. The molecule has 0 spiro atoms. The van der Waals surface area contributed by atoms with E-state index in [4.69, 9.17) is 11.6 Å². The molecule has 1 saturated heterocycles. The number of rotatable bonds is 4. The lowest BCUT2D eigenvalue weighted by molar-refractivity contribution is 0.226. The lowest BCUT2D eigenvalue weighted by atomic mass is 9.83. The molecule has 100 valence electrons. The maximum atomic E-state index is 12.1. The largest absolute Gasteiger partial charge is 0.215 e. The van der Waals surface area contributed by atoms with Gasteiger partial charge in [-0.3, -0.25) is 0 Å². The molecule has 0 aromatic carbocycles. The summed E-state index contributed by atoms with van der Waals surface area (Å²) < 4.78 is 26.0. The minimum Gasteiger partial charge on any atom is -0.212 e. The second-order valence-electron chi connectivity index (χ2n) is 5.22. The van der Waals surface area contributed by atoms with E-state index < -0.39 is 10.0 Å². The number of sulfonamides is 1. The SMILES string of the molecule is O=S(=O)(CCCl)N1CCCC1C1CCCCC1. The molecule has 2 fully saturated rings. The monoisotopic (exact) mass is 279 g/mol. The topological polar surface area (TPSA) is 37.4 Å². The molecule has 0 N–H and O–H groups in total. The molecule has 1 atom stereocenters. The first kappa shape index (κ1) is 13.6. The van der Waals surface area contributed by atoms with E-state index in [1.54, 1.807) is 4.31 Å². The van der Waals surface area contributed by atoms with Gasteiger partial charge in [-0.15, -0.1) is 11.6 Å². The van der Waals surface area contributed by atoms with E-state index >= 15 is 0 Å². The minimum atomic E-state index is -3.11. The van der Waals surface area contributed by atoms with Crippen molar-refractivity contribution in [2.45, 2.75) is 51.0 Å². The zero-order valence-electron chi connectivity index (χ0n) is 10.3. The fourth-order valence-electron chi connectivity index (χ4n) is 3.32. The van der Waals surface area contributed by atoms with Crippen molar-refractivity contribution >= 4 is 21.6 Å². The molecule has 0 aromatic rings. The average Bonchev–Trinajstić information content (AvgIpc) is 2.79. The van der Waals surface area contributed by atoms with Crippen LogP contribution in [0.15, 0.2) is 0 Å². The first-order valence-electron chi connectivity index (χ1n) is 6.70. The maximum absolute atomic E-state index is 12.1. The lowest BCUT2D eigenvalue weighted by Gasteiger charge is -2.33. The van der Waals surface area contributed by atoms with E-state index in [0.29, 0.717) is 12.5 Å². The molecule has 1 aliphatic heterocycles. The maximum Gasteiger partial charge on any atom is 0.215 e. The molecule has 1 aliphatic carbocycles. The third-order valence-electron chi connectivity index (χ3n) is 4.13. The number of halogens is 1. The molecule has 0 aromatic heterocycles. The Labute approximate surface area is 110 Å². The van der Waals surface area contributed by atoms with Crippen LogP contribution in [0.5, 0.6) is 0 Å². The van der Waals surface area contributed by atoms with Crippen LogP contribution < -0.4 is 0 Å². The molecular weight excluding hydrogens is 258 g/mol. The van der Waals surface area contributed by atoms with Gasteiger partial charge >= 0.3 is 0 Å². The van der Waals surface area contributed by atoms with E-state index in [1.165, 1.54) is 32.1 Å². The van der Waals surface area contributed by atoms with Crippen LogP contribution in [0.1, 0.15) is 44.9 Å². The van der Waals surface area contributed by atoms with Crippen molar-refractivity contribution in [2.75, 3.05) is 18.2 Å². The lowest BCUT2D eigenvalue weighted by Crippen LogP contribution is -2.42. The van der Waals surface area contributed by atoms with E-state index in [9.17, 15) is 8.42 Å². The van der Waals surface area contributed by atoms with Crippen LogP contribution in [0.4, 0.5) is 0 Å². The fourth-order valence-corrected chi connectivity index (χ4v) is 5.43. The Morgan fingerprint density at radius 2 is 1.76 bits per heavy atom. The van der Waals surface area contributed by atoms with E-state index in [0.717, 1.165) is 12.8 Å². The van der Waals surface area contributed by atoms with Gasteiger partial charge in [0.1, 0.15) is 0 Å². The van der Waals surface area contributed by atoms with Crippen molar-refractivity contribution in [3.05, 3.63) is 0 Å². The van der Waals surface area contributed by atoms with Crippen LogP contribution in [0.2, 0.25) is 0 Å². The standard InChI is InChI=1S/C12H22ClNO2S/c13-8-10-17(15,16)14-9-4-7-12(14)11-5-2-1-3-6-11/h11-12H,1-10H2. The molecule has 0 radical (unpaired) electrons. The third kappa shape index (κ3) is 3.15. The number of hydrogen-bond acceptors (Lipinski definition) is 2. The minimum absolute atomic E-state index is 0.0950. The Bertz CT molecular complexity index is 338. The zero-order valence-corrected chi connectivity index (χ0v) is 11.8. The van der Waals surface area contributed by atoms with Crippen LogP contribution in [-0.2, 0) is 10.0 Å². The molecule has 0 bridgehead atoms. The summed E-state index contributed by atoms with van der Waals surface area (Å²) in [5, 5.41) is 0. The Hall–Kier alpha value is 0.200. The first-order chi connectivity index (χ1) is 8.15. The quantitative estimate of drug-likeness (QED) is 0.742. The summed E-state index contributed by atoms with van der Waals surface area (Å²) in [5.41, 5.74) is 0. The summed E-state index contributed by atoms with van der Waals surface area (Å²) in [5.74, 6) is 0.893. The Kier molecular flexibility index (Phi) is 4.72. The summed E-state index contributed by atoms with van der Waals surface area (Å²) in [6, 6.07) is 0.267. The van der Waals surface area contributed by atoms with Gasteiger partial charge in [-0.1, -0.05) is 19.3 Å². The molecule has 1 saturated carbocycles. The van der Waals surface area contributed by atoms with Gasteiger partial charge in [0.2, 0.25) is 10.0 Å². The summed E-state index contributed by atoms with van der Waals surface area (Å²) >= 11 is 5.59. The molecule has 1 unspecified atom stereocenters. The predicted octanol–water partition coefficient (Wildman–Crippen LogP) is 2.60. The van der Waals surface area contributed by atoms with Gasteiger partial charge in [-0.05, 0) is 31.6 Å². The molecule has 3 nitrogen and oxygen atoms in total. The van der Waals surface area contributed by atoms with Crippen molar-refractivity contribution in [3.63, 3.8) is 0 Å². The number of alkyl halides is 1. The van der Waals surface area contributed by atoms with Gasteiger partial charge in [0.05, 0.1) is 5.75 Å². The molecular formula is C12H22ClNO2S. The first-order valence-corrected chi connectivity index (χ1v) is 8.85. The number of hydrogen-bond donors (Lipinski definition) is 0. The second-order valence-corrected chi connectivity index (χ2v) is 7.64. The fraction of sp³-hybridized carbons (Fsp3) is 1.00. The highest BCUT2D eigenvalue weighted by molar-refractivity contribution is 7.89. The van der Waals surface area contributed by atoms with E-state index in [1.807, 2.05) is 0 Å². The van der Waals surface area contributed by atoms with Crippen LogP contribution >= 0.6 is 11.6 Å². The number of nitrogens with zero attached hydrogens (tertiary/aromatic N) is 1. The molecule has 2 aliphatic rings. The van der Waals surface area contributed by atoms with E-state index in [2.05, 4.69) is 0 Å². The summed E-state index contributed by atoms with van der Waals surface area (Å²) in [4.78, 5) is 0.